The molecular formula is C26H41N3O3S. The Bertz CT molecular complexity index is 921. The SMILES string of the molecule is CCCCCCCCCCCCCCc1ccc(C(=O)NNS(=O)(=O)c2ccc(C)cc2)[nH]1. The van der Waals surface area contributed by atoms with E-state index in [2.05, 4.69) is 22.2 Å². The number of nitrogens with one attached hydrogen (secondary N) is 3. The second-order valence-corrected chi connectivity index (χ2v) is 10.6. The maximum Gasteiger partial charge on any atom is 0.282 e. The van der Waals surface area contributed by atoms with E-state index in [0.29, 0.717) is 5.69 Å². The average molecular weight is 476 g/mol. The zero-order valence-corrected chi connectivity index (χ0v) is 21.1. The van der Waals surface area contributed by atoms with Crippen molar-refractivity contribution in [1.82, 2.24) is 15.2 Å². The van der Waals surface area contributed by atoms with Gasteiger partial charge in [-0.25, -0.2) is 8.42 Å². The molecule has 6 nitrogen and oxygen atoms in total. The third-order valence-electron chi connectivity index (χ3n) is 5.92. The molecule has 3 N–H and O–H groups in total. The van der Waals surface area contributed by atoms with Crippen molar-refractivity contribution in [2.45, 2.75) is 102 Å². The highest BCUT2D eigenvalue weighted by molar-refractivity contribution is 7.89. The van der Waals surface area contributed by atoms with Gasteiger partial charge in [0.1, 0.15) is 5.69 Å². The number of carbonyl (C=O) groups excluding carboxylic acids is 1. The lowest BCUT2D eigenvalue weighted by Gasteiger charge is -2.08. The van der Waals surface area contributed by atoms with Crippen LogP contribution in [0.5, 0.6) is 0 Å². The normalized spacial score (nSPS) is 11.6. The van der Waals surface area contributed by atoms with Crippen LogP contribution in [0.4, 0.5) is 0 Å². The smallest absolute Gasteiger partial charge is 0.282 e. The van der Waals surface area contributed by atoms with Crippen molar-refractivity contribution in [1.29, 1.82) is 0 Å². The van der Waals surface area contributed by atoms with E-state index in [4.69, 9.17) is 0 Å². The van der Waals surface area contributed by atoms with Crippen molar-refractivity contribution >= 4 is 15.9 Å². The van der Waals surface area contributed by atoms with Gasteiger partial charge in [-0.15, -0.1) is 4.83 Å². The average Bonchev–Trinajstić information content (AvgIpc) is 3.27. The minimum atomic E-state index is -3.80. The summed E-state index contributed by atoms with van der Waals surface area (Å²) in [6.45, 7) is 4.14. The van der Waals surface area contributed by atoms with E-state index in [9.17, 15) is 13.2 Å². The summed E-state index contributed by atoms with van der Waals surface area (Å²) >= 11 is 0. The first-order chi connectivity index (χ1) is 15.9. The summed E-state index contributed by atoms with van der Waals surface area (Å²) in [7, 11) is -3.80. The zero-order chi connectivity index (χ0) is 23.9. The van der Waals surface area contributed by atoms with Crippen molar-refractivity contribution in [3.8, 4) is 0 Å². The Balaban J connectivity index is 1.58. The van der Waals surface area contributed by atoms with E-state index in [1.807, 2.05) is 13.0 Å². The van der Waals surface area contributed by atoms with Gasteiger partial charge in [0, 0.05) is 5.69 Å². The predicted octanol–water partition coefficient (Wildman–Crippen LogP) is 6.19. The highest BCUT2D eigenvalue weighted by atomic mass is 32.2. The summed E-state index contributed by atoms with van der Waals surface area (Å²) in [5.41, 5.74) is 4.57. The Hall–Kier alpha value is -2.12. The van der Waals surface area contributed by atoms with Crippen LogP contribution in [0.3, 0.4) is 0 Å². The Kier molecular flexibility index (Phi) is 12.3. The van der Waals surface area contributed by atoms with Crippen LogP contribution >= 0.6 is 0 Å². The van der Waals surface area contributed by atoms with Crippen LogP contribution < -0.4 is 10.3 Å². The van der Waals surface area contributed by atoms with Crippen LogP contribution in [0.2, 0.25) is 0 Å². The lowest BCUT2D eigenvalue weighted by Crippen LogP contribution is -2.41. The van der Waals surface area contributed by atoms with E-state index < -0.39 is 15.9 Å². The number of aromatic nitrogens is 1. The van der Waals surface area contributed by atoms with Gasteiger partial charge in [0.25, 0.3) is 15.9 Å². The molecule has 0 atom stereocenters. The number of hydrogen-bond donors (Lipinski definition) is 3. The van der Waals surface area contributed by atoms with Crippen LogP contribution in [0.15, 0.2) is 41.3 Å². The molecule has 33 heavy (non-hydrogen) atoms. The summed E-state index contributed by atoms with van der Waals surface area (Å²) in [4.78, 5) is 17.6. The number of rotatable bonds is 17. The molecule has 1 aromatic carbocycles. The van der Waals surface area contributed by atoms with Crippen molar-refractivity contribution in [2.75, 3.05) is 0 Å². The van der Waals surface area contributed by atoms with Crippen LogP contribution in [-0.4, -0.2) is 19.3 Å². The van der Waals surface area contributed by atoms with Crippen molar-refractivity contribution in [3.05, 3.63) is 53.3 Å². The third-order valence-corrected chi connectivity index (χ3v) is 7.18. The van der Waals surface area contributed by atoms with Gasteiger partial charge in [0.05, 0.1) is 4.90 Å². The maximum absolute atomic E-state index is 12.3. The molecule has 0 spiro atoms. The number of H-pyrrole nitrogens is 1. The third kappa shape index (κ3) is 10.6. The Morgan fingerprint density at radius 3 is 1.91 bits per heavy atom. The lowest BCUT2D eigenvalue weighted by molar-refractivity contribution is 0.0940. The fourth-order valence-corrected chi connectivity index (χ4v) is 4.67. The molecule has 0 saturated carbocycles. The molecule has 0 aliphatic carbocycles. The molecule has 2 rings (SSSR count). The van der Waals surface area contributed by atoms with E-state index >= 15 is 0 Å². The van der Waals surface area contributed by atoms with Gasteiger partial charge in [0.2, 0.25) is 0 Å². The Labute approximate surface area is 200 Å². The molecular weight excluding hydrogens is 434 g/mol. The minimum absolute atomic E-state index is 0.104. The van der Waals surface area contributed by atoms with Gasteiger partial charge < -0.3 is 4.98 Å². The van der Waals surface area contributed by atoms with E-state index in [-0.39, 0.29) is 4.90 Å². The summed E-state index contributed by atoms with van der Waals surface area (Å²) in [5, 5.41) is 0. The van der Waals surface area contributed by atoms with Gasteiger partial charge >= 0.3 is 0 Å². The second-order valence-electron chi connectivity index (χ2n) is 8.91. The highest BCUT2D eigenvalue weighted by Crippen LogP contribution is 2.14. The minimum Gasteiger partial charge on any atom is -0.354 e. The fourth-order valence-electron chi connectivity index (χ4n) is 3.83. The highest BCUT2D eigenvalue weighted by Gasteiger charge is 2.16. The fraction of sp³-hybridized carbons (Fsp3) is 0.577. The molecule has 0 fully saturated rings. The largest absolute Gasteiger partial charge is 0.354 e. The molecule has 1 aromatic heterocycles. The summed E-state index contributed by atoms with van der Waals surface area (Å²) in [6.07, 6.45) is 16.6. The lowest BCUT2D eigenvalue weighted by atomic mass is 10.0. The zero-order valence-electron chi connectivity index (χ0n) is 20.3. The van der Waals surface area contributed by atoms with E-state index in [0.717, 1.165) is 24.1 Å². The number of carbonyl (C=O) groups is 1. The first kappa shape index (κ1) is 27.1. The number of aryl methyl sites for hydroxylation is 2. The van der Waals surface area contributed by atoms with Gasteiger partial charge in [-0.2, -0.15) is 0 Å². The molecule has 0 radical (unpaired) electrons. The monoisotopic (exact) mass is 475 g/mol. The summed E-state index contributed by atoms with van der Waals surface area (Å²) < 4.78 is 24.6. The number of unbranched alkanes of at least 4 members (excludes halogenated alkanes) is 11. The van der Waals surface area contributed by atoms with E-state index in [1.54, 1.807) is 18.2 Å². The Morgan fingerprint density at radius 2 is 1.33 bits per heavy atom. The van der Waals surface area contributed by atoms with Crippen molar-refractivity contribution in [3.63, 3.8) is 0 Å². The molecule has 0 bridgehead atoms. The van der Waals surface area contributed by atoms with Crippen molar-refractivity contribution in [2.24, 2.45) is 0 Å². The molecule has 1 heterocycles. The molecule has 0 aliphatic rings. The Morgan fingerprint density at radius 1 is 0.788 bits per heavy atom. The van der Waals surface area contributed by atoms with Crippen LogP contribution in [0, 0.1) is 6.92 Å². The molecule has 0 aliphatic heterocycles. The first-order valence-electron chi connectivity index (χ1n) is 12.5. The maximum atomic E-state index is 12.3. The van der Waals surface area contributed by atoms with Gasteiger partial charge in [0.15, 0.2) is 0 Å². The van der Waals surface area contributed by atoms with Crippen molar-refractivity contribution < 1.29 is 13.2 Å². The molecule has 7 heteroatoms. The number of aromatic amines is 1. The topological polar surface area (TPSA) is 91.1 Å². The van der Waals surface area contributed by atoms with Gasteiger partial charge in [-0.3, -0.25) is 10.2 Å². The van der Waals surface area contributed by atoms with Crippen LogP contribution in [0.25, 0.3) is 0 Å². The quantitative estimate of drug-likeness (QED) is 0.188. The summed E-state index contributed by atoms with van der Waals surface area (Å²) in [5.74, 6) is -0.508. The second kappa shape index (κ2) is 14.9. The molecule has 0 unspecified atom stereocenters. The molecule has 184 valence electrons. The molecule has 0 saturated heterocycles. The predicted molar refractivity (Wildman–Crippen MR) is 135 cm³/mol. The number of benzene rings is 1. The van der Waals surface area contributed by atoms with Crippen LogP contribution in [-0.2, 0) is 16.4 Å². The van der Waals surface area contributed by atoms with Gasteiger partial charge in [-0.05, 0) is 44.0 Å². The molecule has 2 aromatic rings. The first-order valence-corrected chi connectivity index (χ1v) is 14.0. The van der Waals surface area contributed by atoms with E-state index in [1.165, 1.54) is 82.8 Å². The standard InChI is InChI=1S/C26H41N3O3S/c1-3-4-5-6-7-8-9-10-11-12-13-14-15-23-18-21-25(27-23)26(30)28-29-33(31,32)24-19-16-22(2)17-20-24/h16-21,27,29H,3-15H2,1-2H3,(H,28,30). The number of hydrazine groups is 1. The van der Waals surface area contributed by atoms with Gasteiger partial charge in [-0.1, -0.05) is 95.2 Å². The number of sulfonamides is 1. The number of amides is 1. The number of hydrogen-bond acceptors (Lipinski definition) is 3. The molecule has 1 amide bonds. The summed E-state index contributed by atoms with van der Waals surface area (Å²) in [6, 6.07) is 10.0. The van der Waals surface area contributed by atoms with Crippen LogP contribution in [0.1, 0.15) is 106 Å².